The molecule has 2 aromatic rings. The zero-order valence-electron chi connectivity index (χ0n) is 10.7. The summed E-state index contributed by atoms with van der Waals surface area (Å²) in [6, 6.07) is 4.46. The second kappa shape index (κ2) is 6.15. The Labute approximate surface area is 126 Å². The maximum Gasteiger partial charge on any atom is 0.229 e. The predicted octanol–water partition coefficient (Wildman–Crippen LogP) is 3.17. The number of phenolic OH excluding ortho intramolecular Hbond substituents is 1. The molecule has 0 fully saturated rings. The number of aromatic nitrogens is 2. The molecule has 0 aliphatic rings. The van der Waals surface area contributed by atoms with E-state index < -0.39 is 0 Å². The molecule has 1 aromatic carbocycles. The Bertz CT molecular complexity index is 628. The van der Waals surface area contributed by atoms with Crippen LogP contribution in [0.5, 0.6) is 5.75 Å². The van der Waals surface area contributed by atoms with E-state index in [0.717, 1.165) is 0 Å². The van der Waals surface area contributed by atoms with Crippen LogP contribution >= 0.6 is 23.2 Å². The number of anilines is 1. The van der Waals surface area contributed by atoms with E-state index in [4.69, 9.17) is 23.2 Å². The summed E-state index contributed by atoms with van der Waals surface area (Å²) >= 11 is 11.6. The Morgan fingerprint density at radius 2 is 2.20 bits per heavy atom. The molecule has 1 atom stereocenters. The number of carbonyl (C=O) groups is 1. The molecule has 106 valence electrons. The molecule has 1 heterocycles. The number of rotatable bonds is 4. The minimum atomic E-state index is -0.343. The number of phenols is 1. The molecule has 1 amide bonds. The molecule has 0 spiro atoms. The first-order chi connectivity index (χ1) is 9.45. The topological polar surface area (TPSA) is 67.2 Å². The Kier molecular flexibility index (Phi) is 4.52. The highest BCUT2D eigenvalue weighted by molar-refractivity contribution is 6.31. The van der Waals surface area contributed by atoms with Gasteiger partial charge in [0.25, 0.3) is 0 Å². The molecular weight excluding hydrogens is 301 g/mol. The molecule has 2 rings (SSSR count). The van der Waals surface area contributed by atoms with Crippen molar-refractivity contribution in [3.63, 3.8) is 0 Å². The van der Waals surface area contributed by atoms with Crippen LogP contribution in [-0.4, -0.2) is 20.8 Å². The van der Waals surface area contributed by atoms with Gasteiger partial charge in [0, 0.05) is 11.2 Å². The fourth-order valence-corrected chi connectivity index (χ4v) is 1.99. The van der Waals surface area contributed by atoms with Crippen LogP contribution in [0.3, 0.4) is 0 Å². The molecular formula is C13H13Cl2N3O2. The number of nitrogens with one attached hydrogen (secondary N) is 1. The van der Waals surface area contributed by atoms with E-state index in [0.29, 0.717) is 16.6 Å². The van der Waals surface area contributed by atoms with Crippen LogP contribution in [0.4, 0.5) is 5.69 Å². The average molecular weight is 314 g/mol. The highest BCUT2D eigenvalue weighted by Crippen LogP contribution is 2.27. The van der Waals surface area contributed by atoms with Crippen LogP contribution in [0.2, 0.25) is 10.0 Å². The van der Waals surface area contributed by atoms with Crippen molar-refractivity contribution in [3.8, 4) is 5.75 Å². The highest BCUT2D eigenvalue weighted by Gasteiger charge is 2.16. The summed E-state index contributed by atoms with van der Waals surface area (Å²) in [5.41, 5.74) is 0.285. The Balaban J connectivity index is 2.02. The third kappa shape index (κ3) is 3.65. The van der Waals surface area contributed by atoms with Gasteiger partial charge in [0.05, 0.1) is 29.4 Å². The largest absolute Gasteiger partial charge is 0.506 e. The number of benzene rings is 1. The minimum Gasteiger partial charge on any atom is -0.506 e. The van der Waals surface area contributed by atoms with Gasteiger partial charge in [-0.3, -0.25) is 9.48 Å². The SMILES string of the molecule is CC(Cn1cc(Cl)cn1)C(=O)Nc1cc(Cl)ccc1O. The summed E-state index contributed by atoms with van der Waals surface area (Å²) in [4.78, 5) is 12.0. The van der Waals surface area contributed by atoms with Crippen molar-refractivity contribution in [1.82, 2.24) is 9.78 Å². The van der Waals surface area contributed by atoms with Crippen molar-refractivity contribution >= 4 is 34.8 Å². The Hall–Kier alpha value is -1.72. The van der Waals surface area contributed by atoms with E-state index in [1.165, 1.54) is 18.3 Å². The molecule has 0 saturated carbocycles. The predicted molar refractivity (Wildman–Crippen MR) is 78.1 cm³/mol. The van der Waals surface area contributed by atoms with E-state index in [9.17, 15) is 9.90 Å². The van der Waals surface area contributed by atoms with E-state index in [1.807, 2.05) is 0 Å². The van der Waals surface area contributed by atoms with Crippen molar-refractivity contribution in [1.29, 1.82) is 0 Å². The second-order valence-electron chi connectivity index (χ2n) is 4.43. The maximum atomic E-state index is 12.0. The van der Waals surface area contributed by atoms with Crippen molar-refractivity contribution in [2.45, 2.75) is 13.5 Å². The lowest BCUT2D eigenvalue weighted by Crippen LogP contribution is -2.24. The molecule has 0 radical (unpaired) electrons. The lowest BCUT2D eigenvalue weighted by Gasteiger charge is -2.13. The van der Waals surface area contributed by atoms with E-state index in [1.54, 1.807) is 23.9 Å². The molecule has 7 heteroatoms. The number of aromatic hydroxyl groups is 1. The first-order valence-corrected chi connectivity index (χ1v) is 6.68. The average Bonchev–Trinajstić information content (AvgIpc) is 2.79. The molecule has 0 saturated heterocycles. The summed E-state index contributed by atoms with van der Waals surface area (Å²) in [5.74, 6) is -0.615. The highest BCUT2D eigenvalue weighted by atomic mass is 35.5. The van der Waals surface area contributed by atoms with Crippen molar-refractivity contribution in [3.05, 3.63) is 40.6 Å². The number of carbonyl (C=O) groups excluding carboxylic acids is 1. The van der Waals surface area contributed by atoms with Crippen LogP contribution in [0, 0.1) is 5.92 Å². The lowest BCUT2D eigenvalue weighted by molar-refractivity contribution is -0.119. The van der Waals surface area contributed by atoms with Crippen molar-refractivity contribution in [2.75, 3.05) is 5.32 Å². The monoisotopic (exact) mass is 313 g/mol. The van der Waals surface area contributed by atoms with Crippen LogP contribution in [0.1, 0.15) is 6.92 Å². The molecule has 0 aliphatic carbocycles. The van der Waals surface area contributed by atoms with E-state index in [-0.39, 0.29) is 23.3 Å². The van der Waals surface area contributed by atoms with E-state index in [2.05, 4.69) is 10.4 Å². The normalized spacial score (nSPS) is 12.2. The molecule has 5 nitrogen and oxygen atoms in total. The molecule has 1 aromatic heterocycles. The third-order valence-corrected chi connectivity index (χ3v) is 3.16. The number of hydrogen-bond donors (Lipinski definition) is 2. The fourth-order valence-electron chi connectivity index (χ4n) is 1.67. The zero-order chi connectivity index (χ0) is 14.7. The number of amides is 1. The van der Waals surface area contributed by atoms with Gasteiger partial charge >= 0.3 is 0 Å². The van der Waals surface area contributed by atoms with E-state index >= 15 is 0 Å². The van der Waals surface area contributed by atoms with Gasteiger partial charge in [-0.2, -0.15) is 5.10 Å². The molecule has 20 heavy (non-hydrogen) atoms. The number of halogens is 2. The van der Waals surface area contributed by atoms with Crippen LogP contribution < -0.4 is 5.32 Å². The second-order valence-corrected chi connectivity index (χ2v) is 5.31. The van der Waals surface area contributed by atoms with Gasteiger partial charge in [-0.25, -0.2) is 0 Å². The summed E-state index contributed by atoms with van der Waals surface area (Å²) < 4.78 is 1.59. The number of nitrogens with zero attached hydrogens (tertiary/aromatic N) is 2. The van der Waals surface area contributed by atoms with Gasteiger partial charge in [0.1, 0.15) is 5.75 Å². The Morgan fingerprint density at radius 3 is 2.85 bits per heavy atom. The van der Waals surface area contributed by atoms with Crippen molar-refractivity contribution < 1.29 is 9.90 Å². The summed E-state index contributed by atoms with van der Waals surface area (Å²) in [6.45, 7) is 2.15. The van der Waals surface area contributed by atoms with Gasteiger partial charge in [0.15, 0.2) is 0 Å². The maximum absolute atomic E-state index is 12.0. The Morgan fingerprint density at radius 1 is 1.45 bits per heavy atom. The molecule has 0 bridgehead atoms. The van der Waals surface area contributed by atoms with Gasteiger partial charge in [0.2, 0.25) is 5.91 Å². The third-order valence-electron chi connectivity index (χ3n) is 2.73. The van der Waals surface area contributed by atoms with Gasteiger partial charge in [-0.1, -0.05) is 30.1 Å². The van der Waals surface area contributed by atoms with Gasteiger partial charge in [-0.05, 0) is 18.2 Å². The quantitative estimate of drug-likeness (QED) is 0.852. The fraction of sp³-hybridized carbons (Fsp3) is 0.231. The zero-order valence-corrected chi connectivity index (χ0v) is 12.2. The lowest BCUT2D eigenvalue weighted by atomic mass is 10.1. The summed E-state index contributed by atoms with van der Waals surface area (Å²) in [5, 5.41) is 17.2. The standard InChI is InChI=1S/C13H13Cl2N3O2/c1-8(6-18-7-10(15)5-16-18)13(20)17-11-4-9(14)2-3-12(11)19/h2-5,7-8,19H,6H2,1H3,(H,17,20). The van der Waals surface area contributed by atoms with Gasteiger partial charge < -0.3 is 10.4 Å². The van der Waals surface area contributed by atoms with Crippen LogP contribution in [0.25, 0.3) is 0 Å². The summed E-state index contributed by atoms with van der Waals surface area (Å²) in [7, 11) is 0. The number of hydrogen-bond acceptors (Lipinski definition) is 3. The first-order valence-electron chi connectivity index (χ1n) is 5.93. The molecule has 0 aliphatic heterocycles. The van der Waals surface area contributed by atoms with Crippen molar-refractivity contribution in [2.24, 2.45) is 5.92 Å². The molecule has 1 unspecified atom stereocenters. The van der Waals surface area contributed by atoms with Gasteiger partial charge in [-0.15, -0.1) is 0 Å². The first kappa shape index (κ1) is 14.7. The molecule has 2 N–H and O–H groups in total. The van der Waals surface area contributed by atoms with Crippen LogP contribution in [-0.2, 0) is 11.3 Å². The summed E-state index contributed by atoms with van der Waals surface area (Å²) in [6.07, 6.45) is 3.15. The minimum absolute atomic E-state index is 0.0305. The van der Waals surface area contributed by atoms with Crippen LogP contribution in [0.15, 0.2) is 30.6 Å². The smallest absolute Gasteiger partial charge is 0.229 e.